The van der Waals surface area contributed by atoms with Gasteiger partial charge in [0.15, 0.2) is 0 Å². The molecule has 1 fully saturated rings. The van der Waals surface area contributed by atoms with E-state index in [1.165, 1.54) is 18.3 Å². The molecule has 146 valence electrons. The van der Waals surface area contributed by atoms with Gasteiger partial charge in [0, 0.05) is 18.0 Å². The van der Waals surface area contributed by atoms with Gasteiger partial charge in [0.05, 0.1) is 31.5 Å². The molecule has 7 nitrogen and oxygen atoms in total. The van der Waals surface area contributed by atoms with Gasteiger partial charge < -0.3 is 19.2 Å². The maximum absolute atomic E-state index is 12.9. The smallest absolute Gasteiger partial charge is 0.296 e. The van der Waals surface area contributed by atoms with Gasteiger partial charge in [0.2, 0.25) is 0 Å². The molecule has 1 aromatic carbocycles. The number of carbonyl (C=O) groups is 2. The first-order valence-corrected chi connectivity index (χ1v) is 8.95. The van der Waals surface area contributed by atoms with Crippen molar-refractivity contribution in [2.45, 2.75) is 12.6 Å². The summed E-state index contributed by atoms with van der Waals surface area (Å²) in [7, 11) is 1.54. The molecule has 7 heteroatoms. The lowest BCUT2D eigenvalue weighted by atomic mass is 9.96. The molecule has 0 spiro atoms. The Balaban J connectivity index is 1.83. The Kier molecular flexibility index (Phi) is 4.87. The van der Waals surface area contributed by atoms with Crippen LogP contribution in [0.1, 0.15) is 22.9 Å². The van der Waals surface area contributed by atoms with Crippen LogP contribution < -0.4 is 4.74 Å². The zero-order valence-corrected chi connectivity index (χ0v) is 15.6. The molecule has 1 aliphatic rings. The van der Waals surface area contributed by atoms with Crippen molar-refractivity contribution in [3.8, 4) is 5.75 Å². The fourth-order valence-corrected chi connectivity index (χ4v) is 3.40. The molecule has 3 aromatic rings. The van der Waals surface area contributed by atoms with Gasteiger partial charge in [-0.2, -0.15) is 0 Å². The number of hydrogen-bond donors (Lipinski definition) is 1. The average molecular weight is 390 g/mol. The van der Waals surface area contributed by atoms with Crippen LogP contribution in [0, 0.1) is 0 Å². The van der Waals surface area contributed by atoms with E-state index in [4.69, 9.17) is 9.15 Å². The first-order valence-electron chi connectivity index (χ1n) is 8.95. The van der Waals surface area contributed by atoms with Crippen LogP contribution in [0.25, 0.3) is 5.76 Å². The summed E-state index contributed by atoms with van der Waals surface area (Å²) in [6.07, 6.45) is 4.68. The lowest BCUT2D eigenvalue weighted by Gasteiger charge is -2.24. The number of ketones is 1. The minimum Gasteiger partial charge on any atom is -0.507 e. The molecule has 1 amide bonds. The third-order valence-electron chi connectivity index (χ3n) is 4.81. The highest BCUT2D eigenvalue weighted by molar-refractivity contribution is 6.46. The van der Waals surface area contributed by atoms with Gasteiger partial charge in [0.1, 0.15) is 17.3 Å². The van der Waals surface area contributed by atoms with E-state index in [0.717, 1.165) is 0 Å². The number of amides is 1. The van der Waals surface area contributed by atoms with Gasteiger partial charge in [-0.1, -0.05) is 6.07 Å². The Bertz CT molecular complexity index is 1060. The number of aliphatic hydroxyl groups is 1. The highest BCUT2D eigenvalue weighted by Crippen LogP contribution is 2.40. The van der Waals surface area contributed by atoms with E-state index in [-0.39, 0.29) is 17.9 Å². The van der Waals surface area contributed by atoms with Crippen LogP contribution in [-0.4, -0.2) is 33.8 Å². The SMILES string of the molecule is COc1ccc(C(O)=C2C(=O)C(=O)N(Cc3ccco3)[C@H]2c2cccnc2)cc1. The molecule has 1 N–H and O–H groups in total. The van der Waals surface area contributed by atoms with Gasteiger partial charge >= 0.3 is 0 Å². The summed E-state index contributed by atoms with van der Waals surface area (Å²) in [6.45, 7) is 0.0938. The first-order chi connectivity index (χ1) is 14.1. The van der Waals surface area contributed by atoms with Gasteiger partial charge in [-0.25, -0.2) is 0 Å². The quantitative estimate of drug-likeness (QED) is 0.408. The third kappa shape index (κ3) is 3.38. The maximum atomic E-state index is 12.9. The lowest BCUT2D eigenvalue weighted by Crippen LogP contribution is -2.29. The molecule has 1 saturated heterocycles. The number of likely N-dealkylation sites (tertiary alicyclic amines) is 1. The molecule has 0 saturated carbocycles. The Morgan fingerprint density at radius 2 is 1.97 bits per heavy atom. The Labute approximate surface area is 166 Å². The van der Waals surface area contributed by atoms with E-state index in [9.17, 15) is 14.7 Å². The van der Waals surface area contributed by atoms with Gasteiger partial charge in [-0.05, 0) is 48.0 Å². The predicted molar refractivity (Wildman–Crippen MR) is 104 cm³/mol. The monoisotopic (exact) mass is 390 g/mol. The molecule has 3 heterocycles. The zero-order chi connectivity index (χ0) is 20.4. The third-order valence-corrected chi connectivity index (χ3v) is 4.81. The first kappa shape index (κ1) is 18.5. The number of hydrogen-bond acceptors (Lipinski definition) is 6. The molecule has 1 atom stereocenters. The zero-order valence-electron chi connectivity index (χ0n) is 15.6. The minimum atomic E-state index is -0.782. The topological polar surface area (TPSA) is 92.9 Å². The standard InChI is InChI=1S/C22H18N2O5/c1-28-16-8-6-14(7-9-16)20(25)18-19(15-4-2-10-23-12-15)24(22(27)21(18)26)13-17-5-3-11-29-17/h2-12,19,25H,13H2,1H3/t19-/m0/s1. The van der Waals surface area contributed by atoms with Crippen molar-refractivity contribution in [1.29, 1.82) is 0 Å². The Hall–Kier alpha value is -3.87. The molecule has 29 heavy (non-hydrogen) atoms. The molecule has 4 rings (SSSR count). The van der Waals surface area contributed by atoms with Crippen molar-refractivity contribution in [2.24, 2.45) is 0 Å². The highest BCUT2D eigenvalue weighted by Gasteiger charge is 2.46. The summed E-state index contributed by atoms with van der Waals surface area (Å²) in [5.74, 6) is -0.556. The summed E-state index contributed by atoms with van der Waals surface area (Å²) in [4.78, 5) is 31.2. The van der Waals surface area contributed by atoms with Crippen molar-refractivity contribution in [1.82, 2.24) is 9.88 Å². The van der Waals surface area contributed by atoms with Crippen LogP contribution in [0.3, 0.4) is 0 Å². The summed E-state index contributed by atoms with van der Waals surface area (Å²) in [6, 6.07) is 12.8. The van der Waals surface area contributed by atoms with Crippen molar-refractivity contribution in [3.63, 3.8) is 0 Å². The Morgan fingerprint density at radius 3 is 2.59 bits per heavy atom. The second-order valence-electron chi connectivity index (χ2n) is 6.52. The number of carbonyl (C=O) groups excluding carboxylic acids is 2. The number of aliphatic hydroxyl groups excluding tert-OH is 1. The van der Waals surface area contributed by atoms with E-state index < -0.39 is 17.7 Å². The number of nitrogens with zero attached hydrogens (tertiary/aromatic N) is 2. The summed E-state index contributed by atoms with van der Waals surface area (Å²) in [5.41, 5.74) is 1.05. The number of Topliss-reactive ketones (excluding diaryl/α,β-unsaturated/α-hetero) is 1. The number of pyridine rings is 1. The van der Waals surface area contributed by atoms with Crippen LogP contribution in [0.4, 0.5) is 0 Å². The van der Waals surface area contributed by atoms with E-state index >= 15 is 0 Å². The second-order valence-corrected chi connectivity index (χ2v) is 6.52. The Morgan fingerprint density at radius 1 is 1.17 bits per heavy atom. The van der Waals surface area contributed by atoms with Crippen molar-refractivity contribution in [2.75, 3.05) is 7.11 Å². The van der Waals surface area contributed by atoms with E-state index in [1.54, 1.807) is 60.9 Å². The van der Waals surface area contributed by atoms with E-state index in [2.05, 4.69) is 4.98 Å². The number of benzene rings is 1. The molecule has 0 radical (unpaired) electrons. The van der Waals surface area contributed by atoms with E-state index in [1.807, 2.05) is 0 Å². The molecule has 2 aromatic heterocycles. The minimum absolute atomic E-state index is 0.0136. The predicted octanol–water partition coefficient (Wildman–Crippen LogP) is 3.31. The summed E-state index contributed by atoms with van der Waals surface area (Å²) < 4.78 is 10.5. The van der Waals surface area contributed by atoms with Crippen LogP contribution in [-0.2, 0) is 16.1 Å². The van der Waals surface area contributed by atoms with Crippen molar-refractivity contribution < 1.29 is 23.8 Å². The molecule has 0 bridgehead atoms. The fourth-order valence-electron chi connectivity index (χ4n) is 3.40. The number of methoxy groups -OCH3 is 1. The summed E-state index contributed by atoms with van der Waals surface area (Å²) in [5, 5.41) is 10.9. The van der Waals surface area contributed by atoms with E-state index in [0.29, 0.717) is 22.6 Å². The molecule has 0 unspecified atom stereocenters. The van der Waals surface area contributed by atoms with Crippen LogP contribution in [0.5, 0.6) is 5.75 Å². The van der Waals surface area contributed by atoms with Crippen molar-refractivity contribution >= 4 is 17.4 Å². The largest absolute Gasteiger partial charge is 0.507 e. The van der Waals surface area contributed by atoms with Crippen molar-refractivity contribution in [3.05, 3.63) is 89.6 Å². The lowest BCUT2D eigenvalue weighted by molar-refractivity contribution is -0.140. The number of aromatic nitrogens is 1. The molecular formula is C22H18N2O5. The van der Waals surface area contributed by atoms with Gasteiger partial charge in [-0.15, -0.1) is 0 Å². The maximum Gasteiger partial charge on any atom is 0.296 e. The van der Waals surface area contributed by atoms with Gasteiger partial charge in [-0.3, -0.25) is 14.6 Å². The molecule has 0 aliphatic carbocycles. The molecular weight excluding hydrogens is 372 g/mol. The highest BCUT2D eigenvalue weighted by atomic mass is 16.5. The summed E-state index contributed by atoms with van der Waals surface area (Å²) >= 11 is 0. The average Bonchev–Trinajstić information content (AvgIpc) is 3.36. The van der Waals surface area contributed by atoms with Crippen LogP contribution in [0.15, 0.2) is 77.2 Å². The normalized spacial score (nSPS) is 18.2. The number of rotatable bonds is 5. The fraction of sp³-hybridized carbons (Fsp3) is 0.136. The van der Waals surface area contributed by atoms with Crippen LogP contribution >= 0.6 is 0 Å². The van der Waals surface area contributed by atoms with Gasteiger partial charge in [0.25, 0.3) is 11.7 Å². The second kappa shape index (κ2) is 7.63. The molecule has 1 aliphatic heterocycles. The van der Waals surface area contributed by atoms with Crippen LogP contribution in [0.2, 0.25) is 0 Å². The number of furan rings is 1. The number of ether oxygens (including phenoxy) is 1.